The van der Waals surface area contributed by atoms with E-state index in [0.717, 1.165) is 48.0 Å². The number of aliphatic imine (C=N–C) groups is 1. The fraction of sp³-hybridized carbons (Fsp3) is 0.440. The summed E-state index contributed by atoms with van der Waals surface area (Å²) >= 11 is 0. The number of methoxy groups -OCH3 is 1. The second-order valence-corrected chi connectivity index (χ2v) is 8.11. The molecule has 1 fully saturated rings. The number of hydrogen-bond donors (Lipinski definition) is 2. The predicted molar refractivity (Wildman–Crippen MR) is 146 cm³/mol. The molecule has 1 saturated heterocycles. The SMILES string of the molecule is CCNC(=NCc1ccc(N2CCCC2=O)cc1)NCC(c1ccccc1OC)N(C)C.I. The van der Waals surface area contributed by atoms with Crippen LogP contribution in [-0.4, -0.2) is 57.6 Å². The first-order chi connectivity index (χ1) is 15.5. The van der Waals surface area contributed by atoms with Gasteiger partial charge in [0.15, 0.2) is 5.96 Å². The molecule has 3 rings (SSSR count). The standard InChI is InChI=1S/C25H35N5O2.HI/c1-5-26-25(28-18-22(29(2)3)21-9-6-7-10-23(21)32-4)27-17-19-12-14-20(15-13-19)30-16-8-11-24(30)31;/h6-7,9-10,12-15,22H,5,8,11,16-18H2,1-4H3,(H2,26,27,28);1H. The van der Waals surface area contributed by atoms with Crippen LogP contribution in [0, 0.1) is 0 Å². The van der Waals surface area contributed by atoms with Gasteiger partial charge in [0, 0.05) is 37.3 Å². The van der Waals surface area contributed by atoms with Crippen molar-refractivity contribution in [3.05, 3.63) is 59.7 Å². The molecule has 0 radical (unpaired) electrons. The quantitative estimate of drug-likeness (QED) is 0.275. The van der Waals surface area contributed by atoms with Crippen molar-refractivity contribution < 1.29 is 9.53 Å². The Hall–Kier alpha value is -2.33. The molecule has 2 aromatic rings. The van der Waals surface area contributed by atoms with Crippen LogP contribution in [0.4, 0.5) is 5.69 Å². The number of guanidine groups is 1. The number of ether oxygens (including phenoxy) is 1. The topological polar surface area (TPSA) is 69.2 Å². The van der Waals surface area contributed by atoms with Gasteiger partial charge in [0.05, 0.1) is 19.7 Å². The number of carbonyl (C=O) groups excluding carboxylic acids is 1. The summed E-state index contributed by atoms with van der Waals surface area (Å²) in [6.45, 7) is 4.90. The van der Waals surface area contributed by atoms with Crippen molar-refractivity contribution in [3.63, 3.8) is 0 Å². The molecule has 1 unspecified atom stereocenters. The van der Waals surface area contributed by atoms with E-state index in [9.17, 15) is 4.79 Å². The summed E-state index contributed by atoms with van der Waals surface area (Å²) in [5.41, 5.74) is 3.21. The summed E-state index contributed by atoms with van der Waals surface area (Å²) in [5, 5.41) is 6.80. The third kappa shape index (κ3) is 7.33. The number of benzene rings is 2. The van der Waals surface area contributed by atoms with Crippen molar-refractivity contribution >= 4 is 41.5 Å². The van der Waals surface area contributed by atoms with Gasteiger partial charge in [-0.25, -0.2) is 4.99 Å². The normalized spacial score (nSPS) is 14.8. The molecular formula is C25H36IN5O2. The smallest absolute Gasteiger partial charge is 0.227 e. The molecule has 0 aliphatic carbocycles. The van der Waals surface area contributed by atoms with Crippen molar-refractivity contribution in [1.82, 2.24) is 15.5 Å². The van der Waals surface area contributed by atoms with Crippen LogP contribution < -0.4 is 20.3 Å². The van der Waals surface area contributed by atoms with Crippen molar-refractivity contribution in [1.29, 1.82) is 0 Å². The third-order valence-electron chi connectivity index (χ3n) is 5.67. The molecule has 2 N–H and O–H groups in total. The Morgan fingerprint density at radius 3 is 2.48 bits per heavy atom. The summed E-state index contributed by atoms with van der Waals surface area (Å²) in [6.07, 6.45) is 1.58. The predicted octanol–water partition coefficient (Wildman–Crippen LogP) is 3.80. The van der Waals surface area contributed by atoms with Crippen molar-refractivity contribution in [2.75, 3.05) is 45.7 Å². The Labute approximate surface area is 214 Å². The summed E-state index contributed by atoms with van der Waals surface area (Å²) in [6, 6.07) is 16.4. The minimum atomic E-state index is 0. The molecule has 180 valence electrons. The summed E-state index contributed by atoms with van der Waals surface area (Å²) < 4.78 is 5.56. The number of hydrogen-bond acceptors (Lipinski definition) is 4. The highest BCUT2D eigenvalue weighted by Gasteiger charge is 2.21. The number of rotatable bonds is 9. The molecule has 0 saturated carbocycles. The average molecular weight is 566 g/mol. The number of nitrogens with one attached hydrogen (secondary N) is 2. The molecule has 0 spiro atoms. The monoisotopic (exact) mass is 565 g/mol. The highest BCUT2D eigenvalue weighted by atomic mass is 127. The van der Waals surface area contributed by atoms with Crippen LogP contribution in [-0.2, 0) is 11.3 Å². The second kappa shape index (κ2) is 13.4. The van der Waals surface area contributed by atoms with Crippen LogP contribution in [0.25, 0.3) is 0 Å². The molecule has 2 aromatic carbocycles. The van der Waals surface area contributed by atoms with Crippen LogP contribution in [0.15, 0.2) is 53.5 Å². The van der Waals surface area contributed by atoms with Gasteiger partial charge in [0.2, 0.25) is 5.91 Å². The fourth-order valence-electron chi connectivity index (χ4n) is 3.92. The minimum absolute atomic E-state index is 0. The molecule has 1 aliphatic rings. The van der Waals surface area contributed by atoms with Crippen LogP contribution >= 0.6 is 24.0 Å². The largest absolute Gasteiger partial charge is 0.496 e. The van der Waals surface area contributed by atoms with E-state index in [-0.39, 0.29) is 35.9 Å². The fourth-order valence-corrected chi connectivity index (χ4v) is 3.92. The van der Waals surface area contributed by atoms with E-state index in [0.29, 0.717) is 19.5 Å². The van der Waals surface area contributed by atoms with E-state index in [2.05, 4.69) is 42.6 Å². The minimum Gasteiger partial charge on any atom is -0.496 e. The second-order valence-electron chi connectivity index (χ2n) is 8.11. The molecule has 0 aromatic heterocycles. The molecule has 7 nitrogen and oxygen atoms in total. The van der Waals surface area contributed by atoms with E-state index in [4.69, 9.17) is 9.73 Å². The lowest BCUT2D eigenvalue weighted by Gasteiger charge is -2.27. The first-order valence-electron chi connectivity index (χ1n) is 11.2. The zero-order valence-corrected chi connectivity index (χ0v) is 22.3. The highest BCUT2D eigenvalue weighted by Crippen LogP contribution is 2.27. The molecule has 1 aliphatic heterocycles. The molecular weight excluding hydrogens is 529 g/mol. The summed E-state index contributed by atoms with van der Waals surface area (Å²) in [7, 11) is 5.83. The maximum atomic E-state index is 11.9. The Morgan fingerprint density at radius 2 is 1.88 bits per heavy atom. The van der Waals surface area contributed by atoms with Gasteiger partial charge in [-0.1, -0.05) is 30.3 Å². The van der Waals surface area contributed by atoms with Crippen LogP contribution in [0.5, 0.6) is 5.75 Å². The van der Waals surface area contributed by atoms with Crippen molar-refractivity contribution in [2.45, 2.75) is 32.4 Å². The average Bonchev–Trinajstić information content (AvgIpc) is 3.23. The van der Waals surface area contributed by atoms with E-state index >= 15 is 0 Å². The number of halogens is 1. The van der Waals surface area contributed by atoms with Gasteiger partial charge in [-0.15, -0.1) is 24.0 Å². The molecule has 8 heteroatoms. The lowest BCUT2D eigenvalue weighted by atomic mass is 10.0. The Morgan fingerprint density at radius 1 is 1.15 bits per heavy atom. The number of amides is 1. The van der Waals surface area contributed by atoms with Gasteiger partial charge in [0.1, 0.15) is 5.75 Å². The van der Waals surface area contributed by atoms with Crippen molar-refractivity contribution in [3.8, 4) is 5.75 Å². The first-order valence-corrected chi connectivity index (χ1v) is 11.2. The molecule has 1 atom stereocenters. The lowest BCUT2D eigenvalue weighted by molar-refractivity contribution is -0.117. The molecule has 0 bridgehead atoms. The Balaban J connectivity index is 0.00000385. The maximum Gasteiger partial charge on any atom is 0.227 e. The van der Waals surface area contributed by atoms with Gasteiger partial charge in [-0.05, 0) is 51.2 Å². The number of carbonyl (C=O) groups is 1. The van der Waals surface area contributed by atoms with Gasteiger partial charge in [-0.2, -0.15) is 0 Å². The number of para-hydroxylation sites is 1. The Bertz CT molecular complexity index is 917. The summed E-state index contributed by atoms with van der Waals surface area (Å²) in [4.78, 5) is 20.7. The zero-order valence-electron chi connectivity index (χ0n) is 20.0. The van der Waals surface area contributed by atoms with Gasteiger partial charge < -0.3 is 25.2 Å². The number of anilines is 1. The number of likely N-dealkylation sites (N-methyl/N-ethyl adjacent to an activating group) is 1. The number of nitrogens with zero attached hydrogens (tertiary/aromatic N) is 3. The van der Waals surface area contributed by atoms with Gasteiger partial charge >= 0.3 is 0 Å². The van der Waals surface area contributed by atoms with Crippen molar-refractivity contribution in [2.24, 2.45) is 4.99 Å². The van der Waals surface area contributed by atoms with Crippen LogP contribution in [0.1, 0.15) is 36.9 Å². The van der Waals surface area contributed by atoms with Crippen LogP contribution in [0.3, 0.4) is 0 Å². The first kappa shape index (κ1) is 26.9. The molecule has 1 amide bonds. The maximum absolute atomic E-state index is 11.9. The molecule has 1 heterocycles. The lowest BCUT2D eigenvalue weighted by Crippen LogP contribution is -2.41. The Kier molecular flexibility index (Phi) is 10.9. The van der Waals surface area contributed by atoms with Gasteiger partial charge in [-0.3, -0.25) is 4.79 Å². The van der Waals surface area contributed by atoms with Crippen LogP contribution in [0.2, 0.25) is 0 Å². The highest BCUT2D eigenvalue weighted by molar-refractivity contribution is 14.0. The van der Waals surface area contributed by atoms with E-state index in [1.165, 1.54) is 0 Å². The zero-order chi connectivity index (χ0) is 22.9. The van der Waals surface area contributed by atoms with E-state index in [1.54, 1.807) is 7.11 Å². The third-order valence-corrected chi connectivity index (χ3v) is 5.67. The van der Waals surface area contributed by atoms with E-state index in [1.807, 2.05) is 47.4 Å². The summed E-state index contributed by atoms with van der Waals surface area (Å²) in [5.74, 6) is 1.86. The van der Waals surface area contributed by atoms with E-state index < -0.39 is 0 Å². The van der Waals surface area contributed by atoms with Gasteiger partial charge in [0.25, 0.3) is 0 Å². The molecule has 33 heavy (non-hydrogen) atoms.